The van der Waals surface area contributed by atoms with Crippen LogP contribution in [0, 0.1) is 6.92 Å². The fraction of sp³-hybridized carbons (Fsp3) is 0.118. The van der Waals surface area contributed by atoms with Gasteiger partial charge in [-0.15, -0.1) is 0 Å². The SMILES string of the molecule is C=Cc1c(S(=O)(=O)c2ccc(C)cc2)ccc(C(=O)OC)c1N. The average Bonchev–Trinajstić information content (AvgIpc) is 2.54. The molecule has 6 heteroatoms. The summed E-state index contributed by atoms with van der Waals surface area (Å²) in [4.78, 5) is 11.8. The minimum absolute atomic E-state index is 0.00139. The predicted molar refractivity (Wildman–Crippen MR) is 88.9 cm³/mol. The number of carbonyl (C=O) groups is 1. The fourth-order valence-electron chi connectivity index (χ4n) is 2.19. The summed E-state index contributed by atoms with van der Waals surface area (Å²) < 4.78 is 30.3. The molecule has 0 atom stereocenters. The molecule has 0 aliphatic carbocycles. The number of ether oxygens (including phenoxy) is 1. The maximum absolute atomic E-state index is 12.8. The van der Waals surface area contributed by atoms with E-state index in [2.05, 4.69) is 11.3 Å². The molecule has 2 aromatic carbocycles. The molecule has 23 heavy (non-hydrogen) atoms. The van der Waals surface area contributed by atoms with Gasteiger partial charge in [0.1, 0.15) is 0 Å². The standard InChI is InChI=1S/C17H17NO4S/c1-4-13-15(10-9-14(16(13)18)17(19)22-3)23(20,21)12-7-5-11(2)6-8-12/h4-10H,1,18H2,2-3H3. The topological polar surface area (TPSA) is 86.5 Å². The van der Waals surface area contributed by atoms with Crippen LogP contribution in [0.5, 0.6) is 0 Å². The van der Waals surface area contributed by atoms with Gasteiger partial charge in [0.15, 0.2) is 0 Å². The van der Waals surface area contributed by atoms with E-state index in [0.29, 0.717) is 0 Å². The molecule has 0 amide bonds. The third kappa shape index (κ3) is 2.98. The van der Waals surface area contributed by atoms with Gasteiger partial charge in [0.05, 0.1) is 28.2 Å². The Morgan fingerprint density at radius 2 is 1.78 bits per heavy atom. The summed E-state index contributed by atoms with van der Waals surface area (Å²) in [6, 6.07) is 9.17. The number of nitrogens with two attached hydrogens (primary N) is 1. The molecule has 0 spiro atoms. The van der Waals surface area contributed by atoms with E-state index >= 15 is 0 Å². The van der Waals surface area contributed by atoms with Crippen molar-refractivity contribution in [2.24, 2.45) is 0 Å². The molecular formula is C17H17NO4S. The van der Waals surface area contributed by atoms with Crippen LogP contribution in [0.4, 0.5) is 5.69 Å². The average molecular weight is 331 g/mol. The van der Waals surface area contributed by atoms with E-state index in [0.717, 1.165) is 5.56 Å². The number of esters is 1. The second-order valence-electron chi connectivity index (χ2n) is 4.95. The summed E-state index contributed by atoms with van der Waals surface area (Å²) in [5.74, 6) is -0.634. The van der Waals surface area contributed by atoms with Gasteiger partial charge in [0.25, 0.3) is 0 Å². The summed E-state index contributed by atoms with van der Waals surface area (Å²) in [7, 11) is -2.55. The highest BCUT2D eigenvalue weighted by atomic mass is 32.2. The van der Waals surface area contributed by atoms with Crippen LogP contribution < -0.4 is 5.73 Å². The molecule has 0 bridgehead atoms. The Morgan fingerprint density at radius 1 is 1.17 bits per heavy atom. The molecule has 5 nitrogen and oxygen atoms in total. The van der Waals surface area contributed by atoms with Crippen molar-refractivity contribution in [3.8, 4) is 0 Å². The van der Waals surface area contributed by atoms with Crippen LogP contribution in [0.3, 0.4) is 0 Å². The smallest absolute Gasteiger partial charge is 0.339 e. The number of rotatable bonds is 4. The van der Waals surface area contributed by atoms with Crippen molar-refractivity contribution in [3.63, 3.8) is 0 Å². The number of methoxy groups -OCH3 is 1. The molecule has 0 aliphatic heterocycles. The van der Waals surface area contributed by atoms with Gasteiger partial charge in [0.2, 0.25) is 9.84 Å². The summed E-state index contributed by atoms with van der Waals surface area (Å²) in [5, 5.41) is 0. The molecule has 2 rings (SSSR count). The molecule has 120 valence electrons. The van der Waals surface area contributed by atoms with Crippen molar-refractivity contribution in [3.05, 3.63) is 59.7 Å². The van der Waals surface area contributed by atoms with Crippen LogP contribution in [0.2, 0.25) is 0 Å². The van der Waals surface area contributed by atoms with Crippen molar-refractivity contribution in [1.82, 2.24) is 0 Å². The van der Waals surface area contributed by atoms with Gasteiger partial charge in [-0.1, -0.05) is 30.4 Å². The Hall–Kier alpha value is -2.60. The number of carbonyl (C=O) groups excluding carboxylic acids is 1. The number of hydrogen-bond donors (Lipinski definition) is 1. The lowest BCUT2D eigenvalue weighted by Crippen LogP contribution is -2.11. The summed E-state index contributed by atoms with van der Waals surface area (Å²) in [5.41, 5.74) is 7.20. The Kier molecular flexibility index (Phi) is 4.56. The second kappa shape index (κ2) is 6.26. The van der Waals surface area contributed by atoms with Gasteiger partial charge in [-0.2, -0.15) is 0 Å². The van der Waals surface area contributed by atoms with E-state index in [1.165, 1.54) is 37.5 Å². The van der Waals surface area contributed by atoms with Crippen molar-refractivity contribution in [1.29, 1.82) is 0 Å². The van der Waals surface area contributed by atoms with E-state index in [1.807, 2.05) is 6.92 Å². The third-order valence-electron chi connectivity index (χ3n) is 3.48. The van der Waals surface area contributed by atoms with E-state index in [4.69, 9.17) is 5.73 Å². The first kappa shape index (κ1) is 16.8. The normalized spacial score (nSPS) is 11.0. The molecule has 0 fully saturated rings. The van der Waals surface area contributed by atoms with E-state index in [9.17, 15) is 13.2 Å². The van der Waals surface area contributed by atoms with E-state index in [1.54, 1.807) is 12.1 Å². The van der Waals surface area contributed by atoms with Gasteiger partial charge < -0.3 is 10.5 Å². The lowest BCUT2D eigenvalue weighted by Gasteiger charge is -2.13. The Balaban J connectivity index is 2.68. The monoisotopic (exact) mass is 331 g/mol. The highest BCUT2D eigenvalue weighted by Crippen LogP contribution is 2.31. The summed E-state index contributed by atoms with van der Waals surface area (Å²) in [6.07, 6.45) is 1.32. The maximum Gasteiger partial charge on any atom is 0.339 e. The van der Waals surface area contributed by atoms with Crippen molar-refractivity contribution >= 4 is 27.6 Å². The van der Waals surface area contributed by atoms with Crippen LogP contribution in [-0.2, 0) is 14.6 Å². The maximum atomic E-state index is 12.8. The van der Waals surface area contributed by atoms with Gasteiger partial charge in [-0.3, -0.25) is 0 Å². The first-order valence-electron chi connectivity index (χ1n) is 6.78. The zero-order valence-electron chi connectivity index (χ0n) is 12.9. The number of anilines is 1. The highest BCUT2D eigenvalue weighted by molar-refractivity contribution is 7.91. The molecule has 0 heterocycles. The zero-order chi connectivity index (χ0) is 17.2. The van der Waals surface area contributed by atoms with Crippen molar-refractivity contribution in [2.75, 3.05) is 12.8 Å². The zero-order valence-corrected chi connectivity index (χ0v) is 13.7. The summed E-state index contributed by atoms with van der Waals surface area (Å²) >= 11 is 0. The van der Waals surface area contributed by atoms with E-state index in [-0.39, 0.29) is 26.6 Å². The molecule has 0 radical (unpaired) electrons. The molecule has 0 unspecified atom stereocenters. The quantitative estimate of drug-likeness (QED) is 0.687. The molecular weight excluding hydrogens is 314 g/mol. The Bertz CT molecular complexity index is 868. The van der Waals surface area contributed by atoms with Crippen molar-refractivity contribution < 1.29 is 17.9 Å². The number of hydrogen-bond acceptors (Lipinski definition) is 5. The fourth-order valence-corrected chi connectivity index (χ4v) is 3.67. The van der Waals surface area contributed by atoms with Crippen LogP contribution in [0.25, 0.3) is 6.08 Å². The minimum atomic E-state index is -3.77. The van der Waals surface area contributed by atoms with Gasteiger partial charge in [-0.05, 0) is 31.2 Å². The first-order chi connectivity index (χ1) is 10.8. The molecule has 0 aromatic heterocycles. The minimum Gasteiger partial charge on any atom is -0.465 e. The number of nitrogen functional groups attached to an aromatic ring is 1. The largest absolute Gasteiger partial charge is 0.465 e. The second-order valence-corrected chi connectivity index (χ2v) is 6.87. The molecule has 0 saturated heterocycles. The Labute approximate surface area is 135 Å². The number of sulfone groups is 1. The van der Waals surface area contributed by atoms with Gasteiger partial charge >= 0.3 is 5.97 Å². The molecule has 0 saturated carbocycles. The molecule has 0 aliphatic rings. The van der Waals surface area contributed by atoms with Crippen molar-refractivity contribution in [2.45, 2.75) is 16.7 Å². The van der Waals surface area contributed by atoms with Crippen LogP contribution in [0.1, 0.15) is 21.5 Å². The summed E-state index contributed by atoms with van der Waals surface area (Å²) in [6.45, 7) is 5.47. The predicted octanol–water partition coefficient (Wildman–Crippen LogP) is 2.84. The van der Waals surface area contributed by atoms with Crippen LogP contribution in [-0.4, -0.2) is 21.5 Å². The highest BCUT2D eigenvalue weighted by Gasteiger charge is 2.24. The van der Waals surface area contributed by atoms with Gasteiger partial charge in [-0.25, -0.2) is 13.2 Å². The van der Waals surface area contributed by atoms with Crippen LogP contribution in [0.15, 0.2) is 52.8 Å². The lowest BCUT2D eigenvalue weighted by atomic mass is 10.1. The van der Waals surface area contributed by atoms with Gasteiger partial charge in [0, 0.05) is 5.56 Å². The first-order valence-corrected chi connectivity index (χ1v) is 8.26. The van der Waals surface area contributed by atoms with E-state index < -0.39 is 15.8 Å². The molecule has 2 aromatic rings. The number of aryl methyl sites for hydroxylation is 1. The molecule has 2 N–H and O–H groups in total. The van der Waals surface area contributed by atoms with Crippen LogP contribution >= 0.6 is 0 Å². The number of benzene rings is 2. The Morgan fingerprint density at radius 3 is 2.30 bits per heavy atom. The third-order valence-corrected chi connectivity index (χ3v) is 5.31. The lowest BCUT2D eigenvalue weighted by molar-refractivity contribution is 0.0602.